The van der Waals surface area contributed by atoms with Crippen LogP contribution in [0, 0.1) is 5.92 Å². The first kappa shape index (κ1) is 13.6. The molecule has 2 rings (SSSR count). The van der Waals surface area contributed by atoms with Crippen LogP contribution in [0.15, 0.2) is 35.2 Å². The molecule has 0 saturated heterocycles. The first-order valence-electron chi connectivity index (χ1n) is 6.55. The summed E-state index contributed by atoms with van der Waals surface area (Å²) in [5, 5.41) is 0. The van der Waals surface area contributed by atoms with Gasteiger partial charge in [0.05, 0.1) is 4.90 Å². The second-order valence-corrected chi connectivity index (χ2v) is 7.25. The zero-order chi connectivity index (χ0) is 13.2. The quantitative estimate of drug-likeness (QED) is 0.844. The molecule has 1 aromatic carbocycles. The summed E-state index contributed by atoms with van der Waals surface area (Å²) in [5.74, 6) is 0.731. The van der Waals surface area contributed by atoms with Crippen LogP contribution in [0.25, 0.3) is 0 Å². The van der Waals surface area contributed by atoms with Gasteiger partial charge in [0.1, 0.15) is 0 Å². The summed E-state index contributed by atoms with van der Waals surface area (Å²) in [6.07, 6.45) is 4.20. The molecule has 0 heterocycles. The van der Waals surface area contributed by atoms with E-state index in [2.05, 4.69) is 6.92 Å². The highest BCUT2D eigenvalue weighted by Crippen LogP contribution is 2.29. The van der Waals surface area contributed by atoms with Crippen molar-refractivity contribution in [2.75, 3.05) is 7.05 Å². The Kier molecular flexibility index (Phi) is 4.07. The molecule has 18 heavy (non-hydrogen) atoms. The predicted molar refractivity (Wildman–Crippen MR) is 72.8 cm³/mol. The maximum absolute atomic E-state index is 12.4. The maximum atomic E-state index is 12.4. The smallest absolute Gasteiger partial charge is 0.207 e. The molecule has 0 amide bonds. The standard InChI is InChI=1S/C14H21NO2S/c1-12-8-10-13(11-9-12)15(2)18(16,17)14-6-4-3-5-7-14/h3-7,12-13H,8-11H2,1-2H3. The molecular weight excluding hydrogens is 246 g/mol. The van der Waals surface area contributed by atoms with Crippen LogP contribution in [0.3, 0.4) is 0 Å². The van der Waals surface area contributed by atoms with Crippen molar-refractivity contribution in [2.24, 2.45) is 5.92 Å². The highest BCUT2D eigenvalue weighted by atomic mass is 32.2. The number of hydrogen-bond acceptors (Lipinski definition) is 2. The van der Waals surface area contributed by atoms with Crippen LogP contribution in [-0.2, 0) is 10.0 Å². The van der Waals surface area contributed by atoms with E-state index in [1.54, 1.807) is 35.6 Å². The summed E-state index contributed by atoms with van der Waals surface area (Å²) < 4.78 is 26.4. The van der Waals surface area contributed by atoms with Gasteiger partial charge in [0.15, 0.2) is 0 Å². The van der Waals surface area contributed by atoms with Gasteiger partial charge in [0.2, 0.25) is 10.0 Å². The van der Waals surface area contributed by atoms with Gasteiger partial charge >= 0.3 is 0 Å². The average Bonchev–Trinajstić information content (AvgIpc) is 2.40. The van der Waals surface area contributed by atoms with Gasteiger partial charge in [0, 0.05) is 13.1 Å². The van der Waals surface area contributed by atoms with E-state index in [0.29, 0.717) is 4.90 Å². The second-order valence-electron chi connectivity index (χ2n) is 5.25. The van der Waals surface area contributed by atoms with Crippen LogP contribution in [0.1, 0.15) is 32.6 Å². The number of benzene rings is 1. The fourth-order valence-corrected chi connectivity index (χ4v) is 4.00. The topological polar surface area (TPSA) is 37.4 Å². The summed E-state index contributed by atoms with van der Waals surface area (Å²) >= 11 is 0. The third-order valence-electron chi connectivity index (χ3n) is 3.92. The fraction of sp³-hybridized carbons (Fsp3) is 0.571. The molecule has 0 unspecified atom stereocenters. The van der Waals surface area contributed by atoms with Gasteiger partial charge in [0.25, 0.3) is 0 Å². The molecule has 0 bridgehead atoms. The minimum atomic E-state index is -3.32. The summed E-state index contributed by atoms with van der Waals surface area (Å²) in [7, 11) is -1.61. The van der Waals surface area contributed by atoms with Crippen molar-refractivity contribution in [1.82, 2.24) is 4.31 Å². The van der Waals surface area contributed by atoms with Gasteiger partial charge in [-0.05, 0) is 43.7 Å². The number of nitrogens with zero attached hydrogens (tertiary/aromatic N) is 1. The summed E-state index contributed by atoms with van der Waals surface area (Å²) in [6, 6.07) is 8.86. The SMILES string of the molecule is CC1CCC(N(C)S(=O)(=O)c2ccccc2)CC1. The number of sulfonamides is 1. The summed E-state index contributed by atoms with van der Waals surface area (Å²) in [5.41, 5.74) is 0. The molecule has 100 valence electrons. The van der Waals surface area contributed by atoms with E-state index in [1.807, 2.05) is 6.07 Å². The molecule has 1 aromatic rings. The molecule has 0 N–H and O–H groups in total. The highest BCUT2D eigenvalue weighted by Gasteiger charge is 2.30. The van der Waals surface area contributed by atoms with Gasteiger partial charge in [-0.1, -0.05) is 25.1 Å². The molecule has 4 heteroatoms. The monoisotopic (exact) mass is 267 g/mol. The minimum absolute atomic E-state index is 0.159. The minimum Gasteiger partial charge on any atom is -0.207 e. The second kappa shape index (κ2) is 5.41. The molecular formula is C14H21NO2S. The van der Waals surface area contributed by atoms with E-state index in [-0.39, 0.29) is 6.04 Å². The van der Waals surface area contributed by atoms with Crippen molar-refractivity contribution in [3.8, 4) is 0 Å². The van der Waals surface area contributed by atoms with Crippen LogP contribution in [0.2, 0.25) is 0 Å². The zero-order valence-electron chi connectivity index (χ0n) is 11.0. The van der Waals surface area contributed by atoms with Gasteiger partial charge in [-0.15, -0.1) is 0 Å². The van der Waals surface area contributed by atoms with Crippen molar-refractivity contribution < 1.29 is 8.42 Å². The van der Waals surface area contributed by atoms with Gasteiger partial charge < -0.3 is 0 Å². The Morgan fingerprint density at radius 1 is 1.06 bits per heavy atom. The van der Waals surface area contributed by atoms with Crippen LogP contribution in [-0.4, -0.2) is 25.8 Å². The van der Waals surface area contributed by atoms with Crippen molar-refractivity contribution >= 4 is 10.0 Å². The maximum Gasteiger partial charge on any atom is 0.243 e. The van der Waals surface area contributed by atoms with Crippen molar-refractivity contribution in [1.29, 1.82) is 0 Å². The van der Waals surface area contributed by atoms with E-state index in [9.17, 15) is 8.42 Å². The molecule has 0 radical (unpaired) electrons. The molecule has 1 fully saturated rings. The van der Waals surface area contributed by atoms with Crippen LogP contribution in [0.4, 0.5) is 0 Å². The molecule has 0 aromatic heterocycles. The highest BCUT2D eigenvalue weighted by molar-refractivity contribution is 7.89. The van der Waals surface area contributed by atoms with Crippen molar-refractivity contribution in [3.63, 3.8) is 0 Å². The lowest BCUT2D eigenvalue weighted by atomic mass is 9.87. The lowest BCUT2D eigenvalue weighted by molar-refractivity contribution is 0.246. The van der Waals surface area contributed by atoms with E-state index < -0.39 is 10.0 Å². The molecule has 1 saturated carbocycles. The molecule has 3 nitrogen and oxygen atoms in total. The van der Waals surface area contributed by atoms with E-state index in [0.717, 1.165) is 31.6 Å². The normalized spacial score (nSPS) is 25.3. The zero-order valence-corrected chi connectivity index (χ0v) is 11.9. The summed E-state index contributed by atoms with van der Waals surface area (Å²) in [6.45, 7) is 2.24. The van der Waals surface area contributed by atoms with Crippen LogP contribution >= 0.6 is 0 Å². The van der Waals surface area contributed by atoms with Crippen LogP contribution in [0.5, 0.6) is 0 Å². The Morgan fingerprint density at radius 2 is 1.61 bits per heavy atom. The van der Waals surface area contributed by atoms with E-state index in [4.69, 9.17) is 0 Å². The fourth-order valence-electron chi connectivity index (χ4n) is 2.56. The van der Waals surface area contributed by atoms with Crippen molar-refractivity contribution in [3.05, 3.63) is 30.3 Å². The number of hydrogen-bond donors (Lipinski definition) is 0. The Hall–Kier alpha value is -0.870. The third kappa shape index (κ3) is 2.75. The lowest BCUT2D eigenvalue weighted by Gasteiger charge is -2.32. The predicted octanol–water partition coefficient (Wildman–Crippen LogP) is 2.89. The summed E-state index contributed by atoms with van der Waals surface area (Å²) in [4.78, 5) is 0.395. The van der Waals surface area contributed by atoms with Gasteiger partial charge in [-0.25, -0.2) is 8.42 Å². The molecule has 0 spiro atoms. The third-order valence-corrected chi connectivity index (χ3v) is 5.84. The first-order chi connectivity index (χ1) is 8.51. The van der Waals surface area contributed by atoms with Gasteiger partial charge in [-0.2, -0.15) is 4.31 Å². The molecule has 0 aliphatic heterocycles. The Balaban J connectivity index is 2.15. The largest absolute Gasteiger partial charge is 0.243 e. The Bertz CT molecular complexity index is 476. The number of rotatable bonds is 3. The van der Waals surface area contributed by atoms with Crippen molar-refractivity contribution in [2.45, 2.75) is 43.5 Å². The lowest BCUT2D eigenvalue weighted by Crippen LogP contribution is -2.39. The van der Waals surface area contributed by atoms with E-state index in [1.165, 1.54) is 0 Å². The average molecular weight is 267 g/mol. The molecule has 1 aliphatic rings. The molecule has 0 atom stereocenters. The Morgan fingerprint density at radius 3 is 2.17 bits per heavy atom. The first-order valence-corrected chi connectivity index (χ1v) is 7.99. The molecule has 1 aliphatic carbocycles. The Labute approximate surface area is 110 Å². The van der Waals surface area contributed by atoms with E-state index >= 15 is 0 Å². The van der Waals surface area contributed by atoms with Crippen LogP contribution < -0.4 is 0 Å². The van der Waals surface area contributed by atoms with Gasteiger partial charge in [-0.3, -0.25) is 0 Å².